The van der Waals surface area contributed by atoms with E-state index < -0.39 is 0 Å². The second kappa shape index (κ2) is 7.88. The molecule has 1 aliphatic heterocycles. The van der Waals surface area contributed by atoms with Crippen LogP contribution in [0.5, 0.6) is 0 Å². The molecule has 0 aliphatic carbocycles. The molecule has 23 heavy (non-hydrogen) atoms. The quantitative estimate of drug-likeness (QED) is 0.935. The normalized spacial score (nSPS) is 12.7. The van der Waals surface area contributed by atoms with Gasteiger partial charge in [-0.15, -0.1) is 12.4 Å². The molecule has 0 saturated heterocycles. The highest BCUT2D eigenvalue weighted by Gasteiger charge is 2.20. The van der Waals surface area contributed by atoms with Crippen LogP contribution in [0, 0.1) is 0 Å². The van der Waals surface area contributed by atoms with Gasteiger partial charge in [0.1, 0.15) is 0 Å². The summed E-state index contributed by atoms with van der Waals surface area (Å²) < 4.78 is 0. The van der Waals surface area contributed by atoms with Crippen LogP contribution >= 0.6 is 12.4 Å². The van der Waals surface area contributed by atoms with Crippen molar-refractivity contribution in [3.8, 4) is 0 Å². The van der Waals surface area contributed by atoms with E-state index in [2.05, 4.69) is 22.3 Å². The Labute approximate surface area is 143 Å². The van der Waals surface area contributed by atoms with E-state index in [0.29, 0.717) is 13.1 Å². The van der Waals surface area contributed by atoms with E-state index in [0.717, 1.165) is 30.0 Å². The van der Waals surface area contributed by atoms with Gasteiger partial charge in [-0.2, -0.15) is 0 Å². The highest BCUT2D eigenvalue weighted by atomic mass is 35.5. The Balaban J connectivity index is 0.00000192. The van der Waals surface area contributed by atoms with E-state index in [1.165, 1.54) is 0 Å². The van der Waals surface area contributed by atoms with Crippen molar-refractivity contribution in [3.05, 3.63) is 60.2 Å². The molecule has 3 rings (SSSR count). The summed E-state index contributed by atoms with van der Waals surface area (Å²) in [5.74, 6) is 0.139. The van der Waals surface area contributed by atoms with Crippen molar-refractivity contribution in [2.24, 2.45) is 0 Å². The summed E-state index contributed by atoms with van der Waals surface area (Å²) in [4.78, 5) is 16.4. The molecule has 0 spiro atoms. The fourth-order valence-corrected chi connectivity index (χ4v) is 2.74. The Morgan fingerprint density at radius 1 is 1.13 bits per heavy atom. The summed E-state index contributed by atoms with van der Waals surface area (Å²) in [6, 6.07) is 18.2. The first-order valence-corrected chi connectivity index (χ1v) is 7.60. The third kappa shape index (κ3) is 4.17. The number of benzene rings is 2. The first kappa shape index (κ1) is 17.2. The molecule has 0 fully saturated rings. The number of anilines is 2. The van der Waals surface area contributed by atoms with Gasteiger partial charge >= 0.3 is 0 Å². The molecular formula is C18H22ClN3O. The van der Waals surface area contributed by atoms with Crippen LogP contribution in [-0.4, -0.2) is 37.5 Å². The van der Waals surface area contributed by atoms with Crippen LogP contribution < -0.4 is 10.2 Å². The highest BCUT2D eigenvalue weighted by Crippen LogP contribution is 2.28. The van der Waals surface area contributed by atoms with Crippen LogP contribution in [0.15, 0.2) is 54.6 Å². The number of likely N-dealkylation sites (N-methyl/N-ethyl adjacent to an activating group) is 1. The molecule has 0 bridgehead atoms. The molecule has 1 N–H and O–H groups in total. The average Bonchev–Trinajstić information content (AvgIpc) is 2.56. The fourth-order valence-electron chi connectivity index (χ4n) is 2.74. The standard InChI is InChI=1S/C18H21N3O.ClH/c1-20(13-15-7-3-2-4-8-15)18(22)14-21-12-11-19-16-9-5-6-10-17(16)21;/h2-10,19H,11-14H2,1H3;1H. The second-order valence-electron chi connectivity index (χ2n) is 5.60. The molecule has 1 amide bonds. The first-order valence-electron chi connectivity index (χ1n) is 7.60. The summed E-state index contributed by atoms with van der Waals surface area (Å²) in [5.41, 5.74) is 3.36. The van der Waals surface area contributed by atoms with E-state index in [9.17, 15) is 4.79 Å². The van der Waals surface area contributed by atoms with Gasteiger partial charge in [0.05, 0.1) is 17.9 Å². The molecule has 0 aromatic heterocycles. The molecule has 1 heterocycles. The predicted octanol–water partition coefficient (Wildman–Crippen LogP) is 3.00. The molecule has 5 heteroatoms. The lowest BCUT2D eigenvalue weighted by molar-refractivity contribution is -0.128. The van der Waals surface area contributed by atoms with Gasteiger partial charge in [0.25, 0.3) is 0 Å². The Hall–Kier alpha value is -2.20. The minimum absolute atomic E-state index is 0. The topological polar surface area (TPSA) is 35.6 Å². The molecule has 122 valence electrons. The number of hydrogen-bond acceptors (Lipinski definition) is 3. The summed E-state index contributed by atoms with van der Waals surface area (Å²) >= 11 is 0. The zero-order valence-corrected chi connectivity index (χ0v) is 14.1. The zero-order chi connectivity index (χ0) is 15.4. The van der Waals surface area contributed by atoms with Crippen molar-refractivity contribution >= 4 is 29.7 Å². The summed E-state index contributed by atoms with van der Waals surface area (Å²) in [5, 5.41) is 3.37. The van der Waals surface area contributed by atoms with E-state index in [1.54, 1.807) is 4.90 Å². The van der Waals surface area contributed by atoms with Gasteiger partial charge in [-0.05, 0) is 17.7 Å². The maximum atomic E-state index is 12.5. The molecule has 0 atom stereocenters. The highest BCUT2D eigenvalue weighted by molar-refractivity contribution is 5.85. The number of rotatable bonds is 4. The van der Waals surface area contributed by atoms with Crippen LogP contribution in [0.25, 0.3) is 0 Å². The lowest BCUT2D eigenvalue weighted by Gasteiger charge is -2.32. The number of para-hydroxylation sites is 2. The molecule has 4 nitrogen and oxygen atoms in total. The van der Waals surface area contributed by atoms with E-state index in [4.69, 9.17) is 0 Å². The van der Waals surface area contributed by atoms with E-state index in [1.807, 2.05) is 49.5 Å². The Morgan fingerprint density at radius 3 is 2.61 bits per heavy atom. The number of hydrogen-bond donors (Lipinski definition) is 1. The van der Waals surface area contributed by atoms with Gasteiger partial charge in [0.15, 0.2) is 0 Å². The first-order chi connectivity index (χ1) is 10.7. The molecule has 0 radical (unpaired) electrons. The summed E-state index contributed by atoms with van der Waals surface area (Å²) in [7, 11) is 1.86. The molecule has 0 saturated carbocycles. The summed E-state index contributed by atoms with van der Waals surface area (Å²) in [6.45, 7) is 2.78. The third-order valence-electron chi connectivity index (χ3n) is 3.96. The van der Waals surface area contributed by atoms with Gasteiger partial charge in [-0.3, -0.25) is 4.79 Å². The molecule has 2 aromatic carbocycles. The third-order valence-corrected chi connectivity index (χ3v) is 3.96. The second-order valence-corrected chi connectivity index (χ2v) is 5.60. The Kier molecular flexibility index (Phi) is 5.88. The van der Waals surface area contributed by atoms with Gasteiger partial charge < -0.3 is 15.1 Å². The number of nitrogens with zero attached hydrogens (tertiary/aromatic N) is 2. The van der Waals surface area contributed by atoms with Crippen LogP contribution in [-0.2, 0) is 11.3 Å². The van der Waals surface area contributed by atoms with Gasteiger partial charge in [0, 0.05) is 26.7 Å². The summed E-state index contributed by atoms with van der Waals surface area (Å²) in [6.07, 6.45) is 0. The maximum Gasteiger partial charge on any atom is 0.242 e. The molecule has 2 aromatic rings. The van der Waals surface area contributed by atoms with Crippen molar-refractivity contribution in [3.63, 3.8) is 0 Å². The zero-order valence-electron chi connectivity index (χ0n) is 13.2. The Bertz CT molecular complexity index is 648. The number of nitrogens with one attached hydrogen (secondary N) is 1. The monoisotopic (exact) mass is 331 g/mol. The lowest BCUT2D eigenvalue weighted by atomic mass is 10.2. The van der Waals surface area contributed by atoms with Gasteiger partial charge in [-0.1, -0.05) is 42.5 Å². The number of carbonyl (C=O) groups excluding carboxylic acids is 1. The van der Waals surface area contributed by atoms with Crippen LogP contribution in [0.3, 0.4) is 0 Å². The van der Waals surface area contributed by atoms with Crippen molar-refractivity contribution < 1.29 is 4.79 Å². The maximum absolute atomic E-state index is 12.5. The molecule has 1 aliphatic rings. The van der Waals surface area contributed by atoms with Crippen LogP contribution in [0.2, 0.25) is 0 Å². The molecule has 0 unspecified atom stereocenters. The Morgan fingerprint density at radius 2 is 1.83 bits per heavy atom. The lowest BCUT2D eigenvalue weighted by Crippen LogP contribution is -2.42. The van der Waals surface area contributed by atoms with E-state index >= 15 is 0 Å². The fraction of sp³-hybridized carbons (Fsp3) is 0.278. The van der Waals surface area contributed by atoms with Gasteiger partial charge in [0.2, 0.25) is 5.91 Å². The largest absolute Gasteiger partial charge is 0.382 e. The van der Waals surface area contributed by atoms with Crippen LogP contribution in [0.4, 0.5) is 11.4 Å². The minimum Gasteiger partial charge on any atom is -0.382 e. The van der Waals surface area contributed by atoms with Crippen molar-refractivity contribution in [1.82, 2.24) is 4.90 Å². The number of fused-ring (bicyclic) bond motifs is 1. The number of halogens is 1. The van der Waals surface area contributed by atoms with E-state index in [-0.39, 0.29) is 18.3 Å². The van der Waals surface area contributed by atoms with Crippen molar-refractivity contribution in [1.29, 1.82) is 0 Å². The smallest absolute Gasteiger partial charge is 0.242 e. The van der Waals surface area contributed by atoms with Crippen LogP contribution in [0.1, 0.15) is 5.56 Å². The number of amides is 1. The van der Waals surface area contributed by atoms with Crippen molar-refractivity contribution in [2.45, 2.75) is 6.54 Å². The van der Waals surface area contributed by atoms with Gasteiger partial charge in [-0.25, -0.2) is 0 Å². The predicted molar refractivity (Wildman–Crippen MR) is 97.3 cm³/mol. The molecular weight excluding hydrogens is 310 g/mol. The van der Waals surface area contributed by atoms with Crippen molar-refractivity contribution in [2.75, 3.05) is 36.9 Å². The minimum atomic E-state index is 0. The number of carbonyl (C=O) groups is 1. The average molecular weight is 332 g/mol. The SMILES string of the molecule is CN(Cc1ccccc1)C(=O)CN1CCNc2ccccc21.Cl.